The van der Waals surface area contributed by atoms with Crippen LogP contribution in [0.25, 0.3) is 5.82 Å². The summed E-state index contributed by atoms with van der Waals surface area (Å²) in [4.78, 5) is 15.2. The molecule has 0 unspecified atom stereocenters. The molecule has 3 aromatic rings. The van der Waals surface area contributed by atoms with Gasteiger partial charge in [0.25, 0.3) is 5.91 Å². The van der Waals surface area contributed by atoms with Gasteiger partial charge in [-0.3, -0.25) is 9.78 Å². The van der Waals surface area contributed by atoms with E-state index in [-0.39, 0.29) is 12.1 Å². The first-order valence-corrected chi connectivity index (χ1v) is 9.09. The molecule has 1 amide bonds. The van der Waals surface area contributed by atoms with Crippen molar-refractivity contribution in [3.8, 4) is 5.82 Å². The molecule has 0 atom stereocenters. The van der Waals surface area contributed by atoms with Crippen molar-refractivity contribution in [2.75, 3.05) is 18.4 Å². The minimum Gasteiger partial charge on any atom is -0.367 e. The summed E-state index contributed by atoms with van der Waals surface area (Å²) in [6, 6.07) is 5.38. The van der Waals surface area contributed by atoms with Crippen molar-refractivity contribution in [2.24, 2.45) is 0 Å². The average Bonchev–Trinajstić information content (AvgIpc) is 2.98. The molecule has 0 aliphatic carbocycles. The van der Waals surface area contributed by atoms with Gasteiger partial charge in [0.05, 0.1) is 11.3 Å². The highest BCUT2D eigenvalue weighted by molar-refractivity contribution is 5.93. The number of anilines is 1. The van der Waals surface area contributed by atoms with Crippen molar-refractivity contribution in [1.82, 2.24) is 30.3 Å². The zero-order valence-electron chi connectivity index (χ0n) is 16.6. The summed E-state index contributed by atoms with van der Waals surface area (Å²) < 4.78 is 39.2. The Morgan fingerprint density at radius 3 is 2.37 bits per heavy atom. The van der Waals surface area contributed by atoms with E-state index < -0.39 is 17.8 Å². The predicted molar refractivity (Wildman–Crippen MR) is 103 cm³/mol. The first kappa shape index (κ1) is 21.2. The van der Waals surface area contributed by atoms with Gasteiger partial charge in [0.15, 0.2) is 5.82 Å². The van der Waals surface area contributed by atoms with Crippen LogP contribution in [0.3, 0.4) is 0 Å². The van der Waals surface area contributed by atoms with Crippen LogP contribution >= 0.6 is 0 Å². The molecule has 3 heterocycles. The van der Waals surface area contributed by atoms with E-state index in [1.165, 1.54) is 0 Å². The zero-order chi connectivity index (χ0) is 21.9. The fraction of sp³-hybridized carbons (Fsp3) is 0.316. The third-order valence-corrected chi connectivity index (χ3v) is 4.55. The minimum atomic E-state index is -4.54. The summed E-state index contributed by atoms with van der Waals surface area (Å²) >= 11 is 0. The summed E-state index contributed by atoms with van der Waals surface area (Å²) in [7, 11) is 0. The van der Waals surface area contributed by atoms with Crippen LogP contribution in [0.15, 0.2) is 30.5 Å². The van der Waals surface area contributed by atoms with Crippen molar-refractivity contribution in [1.29, 1.82) is 0 Å². The van der Waals surface area contributed by atoms with Crippen LogP contribution in [-0.4, -0.2) is 44.0 Å². The summed E-state index contributed by atoms with van der Waals surface area (Å²) in [5.74, 6) is 0.596. The third-order valence-electron chi connectivity index (χ3n) is 4.55. The van der Waals surface area contributed by atoms with Crippen molar-refractivity contribution in [3.05, 3.63) is 58.7 Å². The van der Waals surface area contributed by atoms with Gasteiger partial charge in [-0.15, -0.1) is 10.2 Å². The predicted octanol–water partition coefficient (Wildman–Crippen LogP) is 2.84. The number of nitrogens with zero attached hydrogens (tertiary/aromatic N) is 5. The van der Waals surface area contributed by atoms with Crippen molar-refractivity contribution in [2.45, 2.75) is 26.9 Å². The topological polar surface area (TPSA) is 97.6 Å². The lowest BCUT2D eigenvalue weighted by molar-refractivity contribution is -0.141. The lowest BCUT2D eigenvalue weighted by atomic mass is 10.2. The molecule has 0 saturated heterocycles. The molecule has 0 aliphatic heterocycles. The summed E-state index contributed by atoms with van der Waals surface area (Å²) in [5, 5.41) is 18.3. The van der Waals surface area contributed by atoms with Crippen LogP contribution in [0.4, 0.5) is 19.0 Å². The van der Waals surface area contributed by atoms with Gasteiger partial charge in [-0.05, 0) is 50.6 Å². The molecule has 0 aromatic carbocycles. The van der Waals surface area contributed by atoms with Crippen LogP contribution in [0.2, 0.25) is 0 Å². The largest absolute Gasteiger partial charge is 0.433 e. The molecule has 0 spiro atoms. The standard InChI is InChI=1S/C19H20F3N7O/c1-11-12(2)28-29(13(11)3)17-7-6-16(26-27-17)23-8-9-24-18(30)14-4-5-15(25-10-14)19(20,21)22/h4-7,10H,8-9H2,1-3H3,(H,23,26)(H,24,30). The number of carbonyl (C=O) groups excluding carboxylic acids is 1. The number of halogens is 3. The van der Waals surface area contributed by atoms with Crippen LogP contribution < -0.4 is 10.6 Å². The number of aryl methyl sites for hydroxylation is 1. The molecule has 2 N–H and O–H groups in total. The average molecular weight is 419 g/mol. The third kappa shape index (κ3) is 4.73. The SMILES string of the molecule is Cc1nn(-c2ccc(NCCNC(=O)c3ccc(C(F)(F)F)nc3)nn2)c(C)c1C. The first-order valence-electron chi connectivity index (χ1n) is 9.09. The van der Waals surface area contributed by atoms with Crippen LogP contribution in [0.5, 0.6) is 0 Å². The molecule has 3 rings (SSSR count). The number of nitrogens with one attached hydrogen (secondary N) is 2. The zero-order valence-corrected chi connectivity index (χ0v) is 16.6. The van der Waals surface area contributed by atoms with Gasteiger partial charge in [-0.2, -0.15) is 18.3 Å². The number of hydrogen-bond donors (Lipinski definition) is 2. The number of hydrogen-bond acceptors (Lipinski definition) is 6. The van der Waals surface area contributed by atoms with Gasteiger partial charge in [0.1, 0.15) is 11.5 Å². The molecule has 30 heavy (non-hydrogen) atoms. The maximum Gasteiger partial charge on any atom is 0.433 e. The molecular weight excluding hydrogens is 399 g/mol. The van der Waals surface area contributed by atoms with Gasteiger partial charge in [0.2, 0.25) is 0 Å². The van der Waals surface area contributed by atoms with Gasteiger partial charge in [-0.25, -0.2) is 4.68 Å². The van der Waals surface area contributed by atoms with E-state index in [4.69, 9.17) is 0 Å². The molecule has 158 valence electrons. The minimum absolute atomic E-state index is 0.0484. The van der Waals surface area contributed by atoms with Gasteiger partial charge in [0, 0.05) is 25.0 Å². The van der Waals surface area contributed by atoms with Crippen LogP contribution in [-0.2, 0) is 6.18 Å². The Morgan fingerprint density at radius 1 is 1.07 bits per heavy atom. The first-order chi connectivity index (χ1) is 14.2. The molecule has 0 saturated carbocycles. The van der Waals surface area contributed by atoms with Gasteiger partial charge in [-0.1, -0.05) is 0 Å². The highest BCUT2D eigenvalue weighted by Crippen LogP contribution is 2.27. The number of rotatable bonds is 6. The second-order valence-corrected chi connectivity index (χ2v) is 6.60. The smallest absolute Gasteiger partial charge is 0.367 e. The van der Waals surface area contributed by atoms with E-state index in [0.717, 1.165) is 35.3 Å². The quantitative estimate of drug-likeness (QED) is 0.597. The molecular formula is C19H20F3N7O. The van der Waals surface area contributed by atoms with Crippen molar-refractivity contribution < 1.29 is 18.0 Å². The van der Waals surface area contributed by atoms with E-state index in [1.807, 2.05) is 20.8 Å². The lowest BCUT2D eigenvalue weighted by Crippen LogP contribution is -2.29. The Balaban J connectivity index is 1.49. The van der Waals surface area contributed by atoms with Gasteiger partial charge >= 0.3 is 6.18 Å². The van der Waals surface area contributed by atoms with Crippen LogP contribution in [0, 0.1) is 20.8 Å². The molecule has 0 radical (unpaired) electrons. The Labute approximate surface area is 170 Å². The molecule has 0 bridgehead atoms. The number of carbonyl (C=O) groups is 1. The molecule has 3 aromatic heterocycles. The Bertz CT molecular complexity index is 1030. The van der Waals surface area contributed by atoms with E-state index >= 15 is 0 Å². The van der Waals surface area contributed by atoms with Crippen LogP contribution in [0.1, 0.15) is 33.0 Å². The van der Waals surface area contributed by atoms with Crippen molar-refractivity contribution in [3.63, 3.8) is 0 Å². The second-order valence-electron chi connectivity index (χ2n) is 6.60. The van der Waals surface area contributed by atoms with E-state index in [2.05, 4.69) is 30.9 Å². The number of aromatic nitrogens is 5. The second kappa shape index (κ2) is 8.47. The fourth-order valence-electron chi connectivity index (χ4n) is 2.64. The van der Waals surface area contributed by atoms with E-state index in [9.17, 15) is 18.0 Å². The monoisotopic (exact) mass is 419 g/mol. The summed E-state index contributed by atoms with van der Waals surface area (Å²) in [5.41, 5.74) is 2.02. The Morgan fingerprint density at radius 2 is 1.83 bits per heavy atom. The normalized spacial score (nSPS) is 11.4. The summed E-state index contributed by atoms with van der Waals surface area (Å²) in [6.45, 7) is 6.47. The highest BCUT2D eigenvalue weighted by Gasteiger charge is 2.32. The molecule has 0 fully saturated rings. The Kier molecular flexibility index (Phi) is 5.99. The number of pyridine rings is 1. The number of amides is 1. The molecule has 0 aliphatic rings. The summed E-state index contributed by atoms with van der Waals surface area (Å²) in [6.07, 6.45) is -3.64. The maximum absolute atomic E-state index is 12.5. The van der Waals surface area contributed by atoms with Crippen molar-refractivity contribution >= 4 is 11.7 Å². The highest BCUT2D eigenvalue weighted by atomic mass is 19.4. The Hall–Kier alpha value is -3.50. The molecule has 8 nitrogen and oxygen atoms in total. The fourth-order valence-corrected chi connectivity index (χ4v) is 2.64. The van der Waals surface area contributed by atoms with E-state index in [0.29, 0.717) is 18.2 Å². The number of alkyl halides is 3. The lowest BCUT2D eigenvalue weighted by Gasteiger charge is -2.09. The molecule has 11 heteroatoms. The van der Waals surface area contributed by atoms with E-state index in [1.54, 1.807) is 16.8 Å². The van der Waals surface area contributed by atoms with Gasteiger partial charge < -0.3 is 10.6 Å². The maximum atomic E-state index is 12.5.